The molecule has 1 aliphatic carbocycles. The van der Waals surface area contributed by atoms with Gasteiger partial charge in [0.15, 0.2) is 5.82 Å². The second-order valence-electron chi connectivity index (χ2n) is 9.13. The molecule has 0 amide bonds. The molecule has 3 aromatic rings. The number of hydrogen-bond acceptors (Lipinski definition) is 6. The highest BCUT2D eigenvalue weighted by atomic mass is 16.5. The van der Waals surface area contributed by atoms with E-state index in [0.29, 0.717) is 6.04 Å². The van der Waals surface area contributed by atoms with Gasteiger partial charge in [0, 0.05) is 11.6 Å². The third-order valence-electron chi connectivity index (χ3n) is 7.07. The van der Waals surface area contributed by atoms with Crippen LogP contribution in [0, 0.1) is 0 Å². The Morgan fingerprint density at radius 1 is 1.03 bits per heavy atom. The van der Waals surface area contributed by atoms with E-state index >= 15 is 0 Å². The van der Waals surface area contributed by atoms with Gasteiger partial charge < -0.3 is 9.72 Å². The van der Waals surface area contributed by atoms with Crippen molar-refractivity contribution in [2.75, 3.05) is 20.2 Å². The Kier molecular flexibility index (Phi) is 6.21. The van der Waals surface area contributed by atoms with Crippen molar-refractivity contribution < 1.29 is 4.74 Å². The Morgan fingerprint density at radius 2 is 1.78 bits per heavy atom. The molecule has 2 aliphatic rings. The van der Waals surface area contributed by atoms with Gasteiger partial charge in [-0.15, -0.1) is 5.10 Å². The first-order valence-corrected chi connectivity index (χ1v) is 12.0. The monoisotopic (exact) mass is 436 g/mol. The molecule has 0 radical (unpaired) electrons. The van der Waals surface area contributed by atoms with Crippen LogP contribution in [0.2, 0.25) is 0 Å². The Morgan fingerprint density at radius 3 is 2.53 bits per heavy atom. The second kappa shape index (κ2) is 9.40. The standard InChI is InChI=1S/C24H32N6O2/c1-32-19-12-11-17-15-20(24(31)25-21(17)16-19)22(29-13-7-2-3-8-14-29)23-26-27-28-30(23)18-9-5-4-6-10-18/h11-12,15-16,18,22H,2-10,13-14H2,1H3,(H,25,31). The van der Waals surface area contributed by atoms with Gasteiger partial charge in [-0.05, 0) is 72.8 Å². The highest BCUT2D eigenvalue weighted by molar-refractivity contribution is 5.80. The zero-order chi connectivity index (χ0) is 21.9. The molecule has 170 valence electrons. The molecule has 1 saturated heterocycles. The molecule has 2 aromatic heterocycles. The van der Waals surface area contributed by atoms with E-state index < -0.39 is 0 Å². The summed E-state index contributed by atoms with van der Waals surface area (Å²) < 4.78 is 7.35. The lowest BCUT2D eigenvalue weighted by atomic mass is 9.95. The second-order valence-corrected chi connectivity index (χ2v) is 9.13. The maximum absolute atomic E-state index is 13.4. The van der Waals surface area contributed by atoms with E-state index in [0.717, 1.165) is 66.8 Å². The van der Waals surface area contributed by atoms with Crippen LogP contribution in [0.15, 0.2) is 29.1 Å². The summed E-state index contributed by atoms with van der Waals surface area (Å²) in [6.07, 6.45) is 10.6. The van der Waals surface area contributed by atoms with Gasteiger partial charge in [0.05, 0.1) is 18.7 Å². The average Bonchev–Trinajstić information content (AvgIpc) is 3.15. The molecule has 0 spiro atoms. The maximum Gasteiger partial charge on any atom is 0.253 e. The molecular weight excluding hydrogens is 404 g/mol. The number of rotatable bonds is 5. The molecule has 2 fully saturated rings. The van der Waals surface area contributed by atoms with Crippen molar-refractivity contribution in [3.8, 4) is 5.75 Å². The fourth-order valence-electron chi connectivity index (χ4n) is 5.35. The summed E-state index contributed by atoms with van der Waals surface area (Å²) in [6, 6.07) is 7.87. The minimum atomic E-state index is -0.250. The minimum Gasteiger partial charge on any atom is -0.497 e. The number of aromatic nitrogens is 5. The van der Waals surface area contributed by atoms with E-state index in [-0.39, 0.29) is 11.6 Å². The van der Waals surface area contributed by atoms with Crippen molar-refractivity contribution in [1.82, 2.24) is 30.1 Å². The lowest BCUT2D eigenvalue weighted by Crippen LogP contribution is -2.36. The van der Waals surface area contributed by atoms with Crippen LogP contribution in [-0.2, 0) is 0 Å². The summed E-state index contributed by atoms with van der Waals surface area (Å²) in [5.41, 5.74) is 1.41. The molecule has 1 aliphatic heterocycles. The molecule has 0 bridgehead atoms. The predicted molar refractivity (Wildman–Crippen MR) is 123 cm³/mol. The number of likely N-dealkylation sites (tertiary alicyclic amines) is 1. The summed E-state index contributed by atoms with van der Waals surface area (Å²) >= 11 is 0. The van der Waals surface area contributed by atoms with Gasteiger partial charge >= 0.3 is 0 Å². The number of nitrogens with one attached hydrogen (secondary N) is 1. The molecule has 8 nitrogen and oxygen atoms in total. The van der Waals surface area contributed by atoms with Crippen LogP contribution in [0.4, 0.5) is 0 Å². The van der Waals surface area contributed by atoms with E-state index in [4.69, 9.17) is 4.74 Å². The summed E-state index contributed by atoms with van der Waals surface area (Å²) in [6.45, 7) is 1.89. The van der Waals surface area contributed by atoms with Crippen LogP contribution in [0.5, 0.6) is 5.75 Å². The summed E-state index contributed by atoms with van der Waals surface area (Å²) in [7, 11) is 1.63. The van der Waals surface area contributed by atoms with Gasteiger partial charge in [0.1, 0.15) is 11.8 Å². The van der Waals surface area contributed by atoms with Crippen molar-refractivity contribution in [2.45, 2.75) is 69.9 Å². The molecular formula is C24H32N6O2. The largest absolute Gasteiger partial charge is 0.497 e. The van der Waals surface area contributed by atoms with Crippen molar-refractivity contribution in [2.24, 2.45) is 0 Å². The number of hydrogen-bond donors (Lipinski definition) is 1. The van der Waals surface area contributed by atoms with Crippen LogP contribution < -0.4 is 10.3 Å². The zero-order valence-electron chi connectivity index (χ0n) is 18.8. The number of benzene rings is 1. The zero-order valence-corrected chi connectivity index (χ0v) is 18.8. The number of aromatic amines is 1. The molecule has 32 heavy (non-hydrogen) atoms. The third kappa shape index (κ3) is 4.16. The van der Waals surface area contributed by atoms with Crippen LogP contribution >= 0.6 is 0 Å². The maximum atomic E-state index is 13.4. The van der Waals surface area contributed by atoms with E-state index in [1.165, 1.54) is 32.1 Å². The Balaban J connectivity index is 1.62. The Labute approximate surface area is 188 Å². The number of fused-ring (bicyclic) bond motifs is 1. The SMILES string of the molecule is COc1ccc2cc(C(c3nnnn3C3CCCCC3)N3CCCCCC3)c(=O)[nH]c2c1. The molecule has 1 unspecified atom stereocenters. The molecule has 8 heteroatoms. The van der Waals surface area contributed by atoms with E-state index in [2.05, 4.69) is 25.4 Å². The van der Waals surface area contributed by atoms with Crippen molar-refractivity contribution in [3.05, 3.63) is 46.0 Å². The van der Waals surface area contributed by atoms with Crippen molar-refractivity contribution in [1.29, 1.82) is 0 Å². The van der Waals surface area contributed by atoms with E-state index in [9.17, 15) is 4.79 Å². The van der Waals surface area contributed by atoms with Gasteiger partial charge in [0.2, 0.25) is 0 Å². The third-order valence-corrected chi connectivity index (χ3v) is 7.07. The first-order valence-electron chi connectivity index (χ1n) is 12.0. The first-order chi connectivity index (χ1) is 15.7. The fraction of sp³-hybridized carbons (Fsp3) is 0.583. The van der Waals surface area contributed by atoms with Crippen LogP contribution in [0.1, 0.15) is 81.3 Å². The summed E-state index contributed by atoms with van der Waals surface area (Å²) in [4.78, 5) is 18.9. The normalized spacial score (nSPS) is 19.7. The lowest BCUT2D eigenvalue weighted by Gasteiger charge is -2.31. The Hall–Kier alpha value is -2.74. The molecule has 1 aromatic carbocycles. The van der Waals surface area contributed by atoms with Crippen molar-refractivity contribution in [3.63, 3.8) is 0 Å². The predicted octanol–water partition coefficient (Wildman–Crippen LogP) is 3.99. The lowest BCUT2D eigenvalue weighted by molar-refractivity contribution is 0.210. The van der Waals surface area contributed by atoms with Gasteiger partial charge in [-0.2, -0.15) is 0 Å². The smallest absolute Gasteiger partial charge is 0.253 e. The van der Waals surface area contributed by atoms with Crippen LogP contribution in [0.3, 0.4) is 0 Å². The van der Waals surface area contributed by atoms with Gasteiger partial charge in [0.25, 0.3) is 5.56 Å². The molecule has 1 N–H and O–H groups in total. The Bertz CT molecular complexity index is 1110. The quantitative estimate of drug-likeness (QED) is 0.650. The molecule has 3 heterocycles. The van der Waals surface area contributed by atoms with Gasteiger partial charge in [-0.1, -0.05) is 32.1 Å². The minimum absolute atomic E-state index is 0.0850. The first kappa shape index (κ1) is 21.1. The number of H-pyrrole nitrogens is 1. The molecule has 5 rings (SSSR count). The van der Waals surface area contributed by atoms with Crippen molar-refractivity contribution >= 4 is 10.9 Å². The van der Waals surface area contributed by atoms with E-state index in [1.807, 2.05) is 28.9 Å². The number of nitrogens with zero attached hydrogens (tertiary/aromatic N) is 5. The number of tetrazole rings is 1. The topological polar surface area (TPSA) is 88.9 Å². The summed E-state index contributed by atoms with van der Waals surface area (Å²) in [5, 5.41) is 14.0. The van der Waals surface area contributed by atoms with Gasteiger partial charge in [-0.3, -0.25) is 9.69 Å². The fourth-order valence-corrected chi connectivity index (χ4v) is 5.35. The average molecular weight is 437 g/mol. The number of ether oxygens (including phenoxy) is 1. The van der Waals surface area contributed by atoms with Crippen LogP contribution in [-0.4, -0.2) is 50.3 Å². The number of pyridine rings is 1. The van der Waals surface area contributed by atoms with Gasteiger partial charge in [-0.25, -0.2) is 4.68 Å². The van der Waals surface area contributed by atoms with Crippen LogP contribution in [0.25, 0.3) is 10.9 Å². The highest BCUT2D eigenvalue weighted by Crippen LogP contribution is 2.34. The molecule has 1 atom stereocenters. The number of methoxy groups -OCH3 is 1. The summed E-state index contributed by atoms with van der Waals surface area (Å²) in [5.74, 6) is 1.53. The highest BCUT2D eigenvalue weighted by Gasteiger charge is 2.33. The van der Waals surface area contributed by atoms with E-state index in [1.54, 1.807) is 7.11 Å². The molecule has 1 saturated carbocycles.